The minimum absolute atomic E-state index is 0.0972. The number of benzene rings is 2. The van der Waals surface area contributed by atoms with Crippen LogP contribution in [0, 0.1) is 6.92 Å². The predicted octanol–water partition coefficient (Wildman–Crippen LogP) is 3.98. The first-order chi connectivity index (χ1) is 17.8. The number of furan rings is 1. The lowest BCUT2D eigenvalue weighted by molar-refractivity contribution is 0.0663. The molecule has 2 aromatic carbocycles. The first kappa shape index (κ1) is 25.6. The molecule has 4 aromatic rings. The van der Waals surface area contributed by atoms with Crippen LogP contribution in [0.5, 0.6) is 5.75 Å². The Hall–Kier alpha value is -4.48. The Morgan fingerprint density at radius 3 is 2.59 bits per heavy atom. The van der Waals surface area contributed by atoms with Crippen LogP contribution < -0.4 is 11.3 Å². The highest BCUT2D eigenvalue weighted by molar-refractivity contribution is 5.85. The van der Waals surface area contributed by atoms with E-state index in [-0.39, 0.29) is 46.4 Å². The summed E-state index contributed by atoms with van der Waals surface area (Å²) in [5.41, 5.74) is 8.79. The molecule has 2 aromatic heterocycles. The number of hydrogen-bond acceptors (Lipinski definition) is 8. The van der Waals surface area contributed by atoms with Gasteiger partial charge < -0.3 is 25.5 Å². The smallest absolute Gasteiger partial charge is 0.371 e. The van der Waals surface area contributed by atoms with Crippen LogP contribution in [0.15, 0.2) is 68.0 Å². The molecule has 0 atom stereocenters. The molecular weight excluding hydrogens is 478 g/mol. The number of aromatic hydroxyl groups is 1. The molecule has 11 heteroatoms. The first-order valence-corrected chi connectivity index (χ1v) is 11.7. The number of aromatic amines is 1. The van der Waals surface area contributed by atoms with Crippen LogP contribution in [0.25, 0.3) is 17.0 Å². The van der Waals surface area contributed by atoms with Crippen LogP contribution in [-0.4, -0.2) is 44.2 Å². The third-order valence-electron chi connectivity index (χ3n) is 5.86. The molecule has 2 heterocycles. The van der Waals surface area contributed by atoms with Gasteiger partial charge in [-0.2, -0.15) is 0 Å². The molecule has 11 nitrogen and oxygen atoms in total. The zero-order chi connectivity index (χ0) is 26.5. The molecule has 1 aliphatic carbocycles. The van der Waals surface area contributed by atoms with Gasteiger partial charge in [0.05, 0.1) is 23.6 Å². The minimum Gasteiger partial charge on any atom is -0.505 e. The van der Waals surface area contributed by atoms with E-state index in [0.29, 0.717) is 12.2 Å². The number of hydrogen-bond donors (Lipinski definition) is 5. The van der Waals surface area contributed by atoms with Crippen molar-refractivity contribution in [3.63, 3.8) is 0 Å². The molecule has 0 radical (unpaired) electrons. The molecule has 0 saturated heterocycles. The molecule has 0 fully saturated rings. The number of aliphatic hydroxyl groups is 1. The molecule has 0 spiro atoms. The fourth-order valence-corrected chi connectivity index (χ4v) is 4.05. The fourth-order valence-electron chi connectivity index (χ4n) is 4.05. The molecular formula is C26H27N5O6. The summed E-state index contributed by atoms with van der Waals surface area (Å²) in [4.78, 5) is 24.1. The molecule has 0 saturated carbocycles. The highest BCUT2D eigenvalue weighted by Gasteiger charge is 2.18. The molecule has 37 heavy (non-hydrogen) atoms. The Morgan fingerprint density at radius 1 is 1.14 bits per heavy atom. The Morgan fingerprint density at radius 2 is 1.89 bits per heavy atom. The van der Waals surface area contributed by atoms with E-state index in [0.717, 1.165) is 24.9 Å². The maximum absolute atomic E-state index is 13.0. The van der Waals surface area contributed by atoms with E-state index in [2.05, 4.69) is 21.4 Å². The van der Waals surface area contributed by atoms with Gasteiger partial charge in [-0.25, -0.2) is 9.48 Å². The van der Waals surface area contributed by atoms with E-state index in [9.17, 15) is 14.7 Å². The van der Waals surface area contributed by atoms with Gasteiger partial charge in [0.1, 0.15) is 11.4 Å². The number of carboxylic acids is 1. The minimum atomic E-state index is -1.21. The van der Waals surface area contributed by atoms with E-state index in [1.807, 2.05) is 12.1 Å². The van der Waals surface area contributed by atoms with Crippen LogP contribution in [0.1, 0.15) is 33.8 Å². The number of rotatable bonds is 6. The van der Waals surface area contributed by atoms with Crippen molar-refractivity contribution in [3.05, 3.63) is 81.5 Å². The van der Waals surface area contributed by atoms with Crippen molar-refractivity contribution in [2.75, 3.05) is 13.2 Å². The molecule has 0 amide bonds. The summed E-state index contributed by atoms with van der Waals surface area (Å²) in [7, 11) is 0. The number of fused-ring (bicyclic) bond motifs is 1. The molecule has 0 bridgehead atoms. The van der Waals surface area contributed by atoms with E-state index >= 15 is 0 Å². The molecule has 192 valence electrons. The fraction of sp³-hybridized carbons (Fsp3) is 0.231. The van der Waals surface area contributed by atoms with Crippen molar-refractivity contribution in [2.45, 2.75) is 26.2 Å². The molecule has 0 unspecified atom stereocenters. The number of aliphatic hydroxyl groups excluding tert-OH is 1. The van der Waals surface area contributed by atoms with Crippen molar-refractivity contribution >= 4 is 17.3 Å². The molecule has 1 aliphatic rings. The third kappa shape index (κ3) is 5.37. The number of nitrogens with one attached hydrogen (secondary N) is 1. The average Bonchev–Trinajstić information content (AvgIpc) is 3.63. The summed E-state index contributed by atoms with van der Waals surface area (Å²) in [5, 5.41) is 38.6. The first-order valence-electron chi connectivity index (χ1n) is 11.7. The second-order valence-corrected chi connectivity index (χ2v) is 8.39. The van der Waals surface area contributed by atoms with Crippen LogP contribution in [0.3, 0.4) is 0 Å². The van der Waals surface area contributed by atoms with Crippen molar-refractivity contribution in [1.29, 1.82) is 0 Å². The lowest BCUT2D eigenvalue weighted by Gasteiger charge is -2.05. The van der Waals surface area contributed by atoms with Crippen LogP contribution in [0.2, 0.25) is 0 Å². The Bertz CT molecular complexity index is 1510. The summed E-state index contributed by atoms with van der Waals surface area (Å²) in [6.45, 7) is 2.20. The van der Waals surface area contributed by atoms with E-state index < -0.39 is 5.97 Å². The zero-order valence-electron chi connectivity index (χ0n) is 20.1. The maximum Gasteiger partial charge on any atom is 0.371 e. The molecule has 6 N–H and O–H groups in total. The van der Waals surface area contributed by atoms with Crippen molar-refractivity contribution < 1.29 is 24.5 Å². The topological polar surface area (TPSA) is 179 Å². The van der Waals surface area contributed by atoms with Gasteiger partial charge in [0.25, 0.3) is 5.56 Å². The summed E-state index contributed by atoms with van der Waals surface area (Å²) in [6, 6.07) is 13.5. The van der Waals surface area contributed by atoms with Gasteiger partial charge in [-0.15, -0.1) is 10.2 Å². The number of H-pyrrole nitrogens is 1. The summed E-state index contributed by atoms with van der Waals surface area (Å²) >= 11 is 0. The van der Waals surface area contributed by atoms with Crippen LogP contribution >= 0.6 is 0 Å². The Labute approximate surface area is 211 Å². The standard InChI is InChI=1S/C24H20N4O5.C2H7NO/c1-13-21(23(30)28(27-13)16-9-8-14-4-2-5-15(14)12-16)26-25-18-7-3-6-17(22(18)29)19-10-11-20(33-19)24(31)32;3-1-2-4/h3,6-12,27,29H,2,4-5H2,1H3,(H,31,32);4H,1-3H2. The zero-order valence-corrected chi connectivity index (χ0v) is 20.1. The van der Waals surface area contributed by atoms with Gasteiger partial charge in [0.2, 0.25) is 5.76 Å². The number of para-hydroxylation sites is 1. The predicted molar refractivity (Wildman–Crippen MR) is 136 cm³/mol. The van der Waals surface area contributed by atoms with Gasteiger partial charge in [0, 0.05) is 6.54 Å². The summed E-state index contributed by atoms with van der Waals surface area (Å²) in [5.74, 6) is -1.51. The second-order valence-electron chi connectivity index (χ2n) is 8.39. The van der Waals surface area contributed by atoms with Gasteiger partial charge in [-0.3, -0.25) is 9.89 Å². The number of phenolic OH excluding ortho intramolecular Hbond substituents is 1. The van der Waals surface area contributed by atoms with E-state index in [4.69, 9.17) is 20.4 Å². The number of azo groups is 1. The summed E-state index contributed by atoms with van der Waals surface area (Å²) < 4.78 is 6.70. The summed E-state index contributed by atoms with van der Waals surface area (Å²) in [6.07, 6.45) is 3.18. The van der Waals surface area contributed by atoms with E-state index in [1.54, 1.807) is 19.1 Å². The van der Waals surface area contributed by atoms with Gasteiger partial charge in [-0.05, 0) is 73.7 Å². The highest BCUT2D eigenvalue weighted by Crippen LogP contribution is 2.38. The van der Waals surface area contributed by atoms with Crippen molar-refractivity contribution in [3.8, 4) is 22.8 Å². The maximum atomic E-state index is 13.0. The van der Waals surface area contributed by atoms with Gasteiger partial charge in [-0.1, -0.05) is 12.1 Å². The van der Waals surface area contributed by atoms with Crippen molar-refractivity contribution in [2.24, 2.45) is 16.0 Å². The number of carboxylic acid groups (broad SMARTS) is 1. The third-order valence-corrected chi connectivity index (χ3v) is 5.86. The number of aryl methyl sites for hydroxylation is 3. The monoisotopic (exact) mass is 505 g/mol. The number of aromatic carboxylic acids is 1. The van der Waals surface area contributed by atoms with Crippen molar-refractivity contribution in [1.82, 2.24) is 9.78 Å². The highest BCUT2D eigenvalue weighted by atomic mass is 16.4. The van der Waals surface area contributed by atoms with Crippen LogP contribution in [0.4, 0.5) is 11.4 Å². The quantitative estimate of drug-likeness (QED) is 0.246. The number of aromatic nitrogens is 2. The van der Waals surface area contributed by atoms with Gasteiger partial charge >= 0.3 is 5.97 Å². The number of phenols is 1. The lowest BCUT2D eigenvalue weighted by atomic mass is 10.1. The average molecular weight is 506 g/mol. The van der Waals surface area contributed by atoms with Crippen LogP contribution in [-0.2, 0) is 12.8 Å². The lowest BCUT2D eigenvalue weighted by Crippen LogP contribution is -2.14. The second kappa shape index (κ2) is 11.1. The largest absolute Gasteiger partial charge is 0.505 e. The number of carbonyl (C=O) groups is 1. The SMILES string of the molecule is Cc1[nH]n(-c2ccc3c(c2)CCC3)c(=O)c1N=Nc1cccc(-c2ccc(C(=O)O)o2)c1O.NCCO. The molecule has 0 aliphatic heterocycles. The Balaban J connectivity index is 0.000000747. The van der Waals surface area contributed by atoms with Gasteiger partial charge in [0.15, 0.2) is 11.4 Å². The normalized spacial score (nSPS) is 12.4. The van der Waals surface area contributed by atoms with E-state index in [1.165, 1.54) is 34.0 Å². The number of nitrogens with zero attached hydrogens (tertiary/aromatic N) is 3. The number of nitrogens with two attached hydrogens (primary N) is 1. The molecule has 5 rings (SSSR count). The Kier molecular flexibility index (Phi) is 7.66.